The summed E-state index contributed by atoms with van der Waals surface area (Å²) < 4.78 is 37.4. The summed E-state index contributed by atoms with van der Waals surface area (Å²) in [5.74, 6) is -0.449. The molecule has 0 radical (unpaired) electrons. The molecule has 1 aromatic rings. The van der Waals surface area contributed by atoms with Crippen molar-refractivity contribution in [3.8, 4) is 0 Å². The number of halogens is 2. The number of hydrogen-bond acceptors (Lipinski definition) is 2. The van der Waals surface area contributed by atoms with E-state index in [-0.39, 0.29) is 17.3 Å². The van der Waals surface area contributed by atoms with Gasteiger partial charge < -0.3 is 0 Å². The molecule has 80 valence electrons. The lowest BCUT2D eigenvalue weighted by Crippen LogP contribution is -2.22. The Hall–Kier alpha value is -0.650. The monoisotopic (exact) mass is 239 g/mol. The molecule has 0 heterocycles. The van der Waals surface area contributed by atoms with Crippen LogP contribution in [0.25, 0.3) is 0 Å². The van der Waals surface area contributed by atoms with E-state index in [1.54, 1.807) is 6.92 Å². The molecule has 14 heavy (non-hydrogen) atoms. The molecule has 0 aliphatic rings. The summed E-state index contributed by atoms with van der Waals surface area (Å²) in [6, 6.07) is 4.69. The van der Waals surface area contributed by atoms with E-state index in [0.717, 1.165) is 12.1 Å². The lowest BCUT2D eigenvalue weighted by Gasteiger charge is -2.03. The predicted molar refractivity (Wildman–Crippen MR) is 54.5 cm³/mol. The molecule has 0 aromatic heterocycles. The first kappa shape index (κ1) is 13.4. The largest absolute Gasteiger partial charge is 0.240 e. The van der Waals surface area contributed by atoms with Gasteiger partial charge in [0.2, 0.25) is 10.0 Å². The van der Waals surface area contributed by atoms with E-state index < -0.39 is 15.8 Å². The fourth-order valence-electron chi connectivity index (χ4n) is 0.887. The van der Waals surface area contributed by atoms with Gasteiger partial charge in [0.05, 0.1) is 4.90 Å². The molecule has 0 unspecified atom stereocenters. The highest BCUT2D eigenvalue weighted by Crippen LogP contribution is 2.08. The molecular weight excluding hydrogens is 229 g/mol. The highest BCUT2D eigenvalue weighted by Gasteiger charge is 2.11. The molecule has 0 atom stereocenters. The standard InChI is InChI=1S/C8H10FNO2S.ClH/c1-2-10-13(11,12)8-5-3-7(9)4-6-8;/h3-6,10H,2H2,1H3;1H. The second-order valence-electron chi connectivity index (χ2n) is 2.46. The van der Waals surface area contributed by atoms with Crippen LogP contribution in [0.15, 0.2) is 29.2 Å². The minimum absolute atomic E-state index is 0. The molecular formula is C8H11ClFNO2S. The van der Waals surface area contributed by atoms with Crippen molar-refractivity contribution in [3.05, 3.63) is 30.1 Å². The van der Waals surface area contributed by atoms with Crippen molar-refractivity contribution in [1.29, 1.82) is 0 Å². The minimum Gasteiger partial charge on any atom is -0.211 e. The molecule has 0 fully saturated rings. The highest BCUT2D eigenvalue weighted by atomic mass is 35.5. The summed E-state index contributed by atoms with van der Waals surface area (Å²) in [5.41, 5.74) is 0. The Bertz CT molecular complexity index is 377. The van der Waals surface area contributed by atoms with Crippen molar-refractivity contribution in [2.24, 2.45) is 0 Å². The fourth-order valence-corrected chi connectivity index (χ4v) is 1.93. The van der Waals surface area contributed by atoms with Crippen LogP contribution in [0.4, 0.5) is 4.39 Å². The smallest absolute Gasteiger partial charge is 0.211 e. The summed E-state index contributed by atoms with van der Waals surface area (Å²) in [7, 11) is -3.44. The van der Waals surface area contributed by atoms with Crippen LogP contribution in [0, 0.1) is 5.82 Å². The zero-order valence-corrected chi connectivity index (χ0v) is 9.16. The molecule has 0 saturated heterocycles. The molecule has 1 rings (SSSR count). The molecule has 0 spiro atoms. The van der Waals surface area contributed by atoms with E-state index in [4.69, 9.17) is 0 Å². The summed E-state index contributed by atoms with van der Waals surface area (Å²) >= 11 is 0. The van der Waals surface area contributed by atoms with Gasteiger partial charge in [-0.2, -0.15) is 0 Å². The van der Waals surface area contributed by atoms with Crippen LogP contribution >= 0.6 is 12.4 Å². The predicted octanol–water partition coefficient (Wildman–Crippen LogP) is 1.55. The normalized spacial score (nSPS) is 10.7. The van der Waals surface area contributed by atoms with Gasteiger partial charge in [-0.3, -0.25) is 0 Å². The van der Waals surface area contributed by atoms with Crippen LogP contribution in [0.2, 0.25) is 0 Å². The van der Waals surface area contributed by atoms with E-state index >= 15 is 0 Å². The second-order valence-corrected chi connectivity index (χ2v) is 4.22. The van der Waals surface area contributed by atoms with Crippen molar-refractivity contribution in [2.45, 2.75) is 11.8 Å². The number of benzene rings is 1. The summed E-state index contributed by atoms with van der Waals surface area (Å²) in [5, 5.41) is 0. The maximum Gasteiger partial charge on any atom is 0.240 e. The van der Waals surface area contributed by atoms with E-state index in [9.17, 15) is 12.8 Å². The zero-order valence-electron chi connectivity index (χ0n) is 7.53. The SMILES string of the molecule is CCNS(=O)(=O)c1ccc(F)cc1.Cl. The molecule has 0 bridgehead atoms. The van der Waals surface area contributed by atoms with Crippen LogP contribution in [0.1, 0.15) is 6.92 Å². The van der Waals surface area contributed by atoms with Crippen molar-refractivity contribution in [2.75, 3.05) is 6.54 Å². The number of sulfonamides is 1. The Kier molecular flexibility index (Phi) is 5.04. The maximum atomic E-state index is 12.4. The second kappa shape index (κ2) is 5.29. The molecule has 3 nitrogen and oxygen atoms in total. The third-order valence-electron chi connectivity index (χ3n) is 1.46. The average molecular weight is 240 g/mol. The van der Waals surface area contributed by atoms with Crippen LogP contribution in [-0.2, 0) is 10.0 Å². The third-order valence-corrected chi connectivity index (χ3v) is 3.02. The van der Waals surface area contributed by atoms with Crippen LogP contribution in [0.5, 0.6) is 0 Å². The Morgan fingerprint density at radius 1 is 1.29 bits per heavy atom. The van der Waals surface area contributed by atoms with Gasteiger partial charge in [0.25, 0.3) is 0 Å². The van der Waals surface area contributed by atoms with Crippen molar-refractivity contribution in [3.63, 3.8) is 0 Å². The number of rotatable bonds is 3. The minimum atomic E-state index is -3.44. The summed E-state index contributed by atoms with van der Waals surface area (Å²) in [6.07, 6.45) is 0. The van der Waals surface area contributed by atoms with Gasteiger partial charge in [-0.25, -0.2) is 17.5 Å². The zero-order chi connectivity index (χ0) is 9.90. The van der Waals surface area contributed by atoms with Gasteiger partial charge in [-0.05, 0) is 24.3 Å². The molecule has 6 heteroatoms. The Balaban J connectivity index is 0.00000169. The van der Waals surface area contributed by atoms with Crippen LogP contribution in [0.3, 0.4) is 0 Å². The first-order valence-electron chi connectivity index (χ1n) is 3.81. The lowest BCUT2D eigenvalue weighted by atomic mass is 10.4. The van der Waals surface area contributed by atoms with E-state index in [1.165, 1.54) is 12.1 Å². The first-order chi connectivity index (χ1) is 6.06. The molecule has 1 aromatic carbocycles. The van der Waals surface area contributed by atoms with E-state index in [0.29, 0.717) is 6.54 Å². The number of hydrogen-bond donors (Lipinski definition) is 1. The van der Waals surface area contributed by atoms with Gasteiger partial charge in [0.15, 0.2) is 0 Å². The topological polar surface area (TPSA) is 46.2 Å². The Labute approximate surface area is 88.8 Å². The third kappa shape index (κ3) is 3.25. The summed E-state index contributed by atoms with van der Waals surface area (Å²) in [6.45, 7) is 2.00. The van der Waals surface area contributed by atoms with Gasteiger partial charge in [0.1, 0.15) is 5.82 Å². The Morgan fingerprint density at radius 3 is 2.21 bits per heavy atom. The van der Waals surface area contributed by atoms with Crippen LogP contribution in [-0.4, -0.2) is 15.0 Å². The van der Waals surface area contributed by atoms with Crippen LogP contribution < -0.4 is 4.72 Å². The van der Waals surface area contributed by atoms with E-state index in [1.807, 2.05) is 0 Å². The van der Waals surface area contributed by atoms with Crippen molar-refractivity contribution < 1.29 is 12.8 Å². The average Bonchev–Trinajstić information content (AvgIpc) is 2.05. The molecule has 0 aliphatic heterocycles. The van der Waals surface area contributed by atoms with Gasteiger partial charge in [-0.15, -0.1) is 12.4 Å². The Morgan fingerprint density at radius 2 is 1.79 bits per heavy atom. The number of nitrogens with one attached hydrogen (secondary N) is 1. The van der Waals surface area contributed by atoms with Crippen molar-refractivity contribution >= 4 is 22.4 Å². The van der Waals surface area contributed by atoms with Gasteiger partial charge in [0, 0.05) is 6.54 Å². The quantitative estimate of drug-likeness (QED) is 0.870. The molecule has 0 amide bonds. The lowest BCUT2D eigenvalue weighted by molar-refractivity contribution is 0.583. The first-order valence-corrected chi connectivity index (χ1v) is 5.30. The van der Waals surface area contributed by atoms with E-state index in [2.05, 4.69) is 4.72 Å². The fraction of sp³-hybridized carbons (Fsp3) is 0.250. The molecule has 0 aliphatic carbocycles. The summed E-state index contributed by atoms with van der Waals surface area (Å²) in [4.78, 5) is 0.0794. The molecule has 0 saturated carbocycles. The van der Waals surface area contributed by atoms with Gasteiger partial charge in [-0.1, -0.05) is 6.92 Å². The maximum absolute atomic E-state index is 12.4. The van der Waals surface area contributed by atoms with Crippen molar-refractivity contribution in [1.82, 2.24) is 4.72 Å². The van der Waals surface area contributed by atoms with Gasteiger partial charge >= 0.3 is 0 Å². The highest BCUT2D eigenvalue weighted by molar-refractivity contribution is 7.89. The molecule has 1 N–H and O–H groups in total.